The van der Waals surface area contributed by atoms with E-state index >= 15 is 4.39 Å². The minimum absolute atomic E-state index is 0.0203. The van der Waals surface area contributed by atoms with Gasteiger partial charge in [-0.2, -0.15) is 0 Å². The number of carboxylic acids is 1. The maximum Gasteiger partial charge on any atom is 0.338 e. The van der Waals surface area contributed by atoms with Crippen LogP contribution in [0.15, 0.2) is 35.1 Å². The first-order chi connectivity index (χ1) is 13.8. The molecule has 9 heteroatoms. The highest BCUT2D eigenvalue weighted by molar-refractivity contribution is 9.10. The van der Waals surface area contributed by atoms with E-state index in [0.29, 0.717) is 29.2 Å². The van der Waals surface area contributed by atoms with E-state index < -0.39 is 11.8 Å². The molecule has 0 unspecified atom stereocenters. The Morgan fingerprint density at radius 3 is 2.83 bits per heavy atom. The quantitative estimate of drug-likeness (QED) is 0.405. The van der Waals surface area contributed by atoms with Crippen molar-refractivity contribution in [3.8, 4) is 0 Å². The van der Waals surface area contributed by atoms with Gasteiger partial charge in [0.2, 0.25) is 0 Å². The molecule has 3 aromatic rings. The average Bonchev–Trinajstić information content (AvgIpc) is 3.08. The topological polar surface area (TPSA) is 84.2 Å². The Hall–Kier alpha value is -2.45. The Labute approximate surface area is 179 Å². The van der Waals surface area contributed by atoms with Gasteiger partial charge in [0, 0.05) is 16.9 Å². The Morgan fingerprint density at radius 2 is 2.21 bits per heavy atom. The number of aromatic nitrogens is 2. The number of fused-ring (bicyclic) bond motifs is 1. The Balaban J connectivity index is 2.09. The predicted octanol–water partition coefficient (Wildman–Crippen LogP) is 5.65. The molecule has 29 heavy (non-hydrogen) atoms. The minimum atomic E-state index is -1.30. The first kappa shape index (κ1) is 21.3. The van der Waals surface area contributed by atoms with Crippen LogP contribution in [-0.2, 0) is 11.3 Å². The van der Waals surface area contributed by atoms with Crippen LogP contribution in [0.4, 0.5) is 15.8 Å². The molecule has 0 aliphatic rings. The van der Waals surface area contributed by atoms with E-state index in [0.717, 1.165) is 17.2 Å². The number of carbonyl (C=O) groups is 2. The summed E-state index contributed by atoms with van der Waals surface area (Å²) in [6.45, 7) is 2.27. The molecule has 0 radical (unpaired) electrons. The van der Waals surface area contributed by atoms with Gasteiger partial charge in [-0.3, -0.25) is 0 Å². The SMILES string of the molecule is CCC[C@H](C=O)Cn1cnc2c(F)c(Nc3ccc(Br)cc3Cl)c(C(=O)O)cc21. The lowest BCUT2D eigenvalue weighted by Gasteiger charge is -2.14. The van der Waals surface area contributed by atoms with E-state index in [1.54, 1.807) is 22.8 Å². The van der Waals surface area contributed by atoms with Crippen molar-refractivity contribution in [2.45, 2.75) is 26.3 Å². The van der Waals surface area contributed by atoms with Crippen molar-refractivity contribution in [3.63, 3.8) is 0 Å². The van der Waals surface area contributed by atoms with Gasteiger partial charge in [-0.25, -0.2) is 14.2 Å². The van der Waals surface area contributed by atoms with E-state index in [1.807, 2.05) is 6.92 Å². The van der Waals surface area contributed by atoms with Gasteiger partial charge in [-0.1, -0.05) is 40.9 Å². The first-order valence-electron chi connectivity index (χ1n) is 8.93. The number of carbonyl (C=O) groups excluding carboxylic acids is 1. The number of rotatable bonds is 8. The molecule has 1 atom stereocenters. The highest BCUT2D eigenvalue weighted by Gasteiger charge is 2.23. The lowest BCUT2D eigenvalue weighted by Crippen LogP contribution is -2.12. The maximum atomic E-state index is 15.2. The third kappa shape index (κ3) is 4.43. The van der Waals surface area contributed by atoms with Crippen LogP contribution in [0.3, 0.4) is 0 Å². The smallest absolute Gasteiger partial charge is 0.338 e. The molecule has 2 aromatic carbocycles. The van der Waals surface area contributed by atoms with Gasteiger partial charge >= 0.3 is 5.97 Å². The number of anilines is 2. The van der Waals surface area contributed by atoms with Gasteiger partial charge in [0.05, 0.1) is 33.8 Å². The number of nitrogens with zero attached hydrogens (tertiary/aromatic N) is 2. The largest absolute Gasteiger partial charge is 0.478 e. The summed E-state index contributed by atoms with van der Waals surface area (Å²) in [5, 5.41) is 12.7. The maximum absolute atomic E-state index is 15.2. The van der Waals surface area contributed by atoms with Crippen molar-refractivity contribution < 1.29 is 19.1 Å². The van der Waals surface area contributed by atoms with E-state index in [1.165, 1.54) is 12.4 Å². The zero-order chi connectivity index (χ0) is 21.1. The number of carboxylic acid groups (broad SMARTS) is 1. The zero-order valence-electron chi connectivity index (χ0n) is 15.5. The van der Waals surface area contributed by atoms with Gasteiger partial charge in [0.1, 0.15) is 11.8 Å². The summed E-state index contributed by atoms with van der Waals surface area (Å²) in [6.07, 6.45) is 3.78. The second kappa shape index (κ2) is 8.92. The summed E-state index contributed by atoms with van der Waals surface area (Å²) in [6, 6.07) is 6.28. The number of aromatic carboxylic acids is 1. The number of benzene rings is 2. The summed E-state index contributed by atoms with van der Waals surface area (Å²) >= 11 is 9.46. The van der Waals surface area contributed by atoms with Crippen LogP contribution < -0.4 is 5.32 Å². The molecule has 1 aromatic heterocycles. The third-order valence-corrected chi connectivity index (χ3v) is 5.37. The van der Waals surface area contributed by atoms with Gasteiger partial charge < -0.3 is 19.8 Å². The van der Waals surface area contributed by atoms with Crippen LogP contribution in [0, 0.1) is 11.7 Å². The third-order valence-electron chi connectivity index (χ3n) is 4.56. The fourth-order valence-corrected chi connectivity index (χ4v) is 3.87. The van der Waals surface area contributed by atoms with E-state index in [9.17, 15) is 14.7 Å². The molecule has 152 valence electrons. The minimum Gasteiger partial charge on any atom is -0.478 e. The number of hydrogen-bond acceptors (Lipinski definition) is 4. The molecule has 2 N–H and O–H groups in total. The van der Waals surface area contributed by atoms with E-state index in [-0.39, 0.29) is 22.7 Å². The molecule has 0 bridgehead atoms. The number of halogens is 3. The molecule has 0 aliphatic carbocycles. The summed E-state index contributed by atoms with van der Waals surface area (Å²) in [5.74, 6) is -2.35. The summed E-state index contributed by atoms with van der Waals surface area (Å²) in [4.78, 5) is 27.2. The summed E-state index contributed by atoms with van der Waals surface area (Å²) in [5.41, 5.74) is 0.218. The van der Waals surface area contributed by atoms with Crippen molar-refractivity contribution in [2.75, 3.05) is 5.32 Å². The van der Waals surface area contributed by atoms with Crippen LogP contribution in [0.1, 0.15) is 30.1 Å². The van der Waals surface area contributed by atoms with Crippen LogP contribution in [-0.4, -0.2) is 26.9 Å². The monoisotopic (exact) mass is 481 g/mol. The van der Waals surface area contributed by atoms with Gasteiger partial charge in [0.15, 0.2) is 5.82 Å². The van der Waals surface area contributed by atoms with Crippen molar-refractivity contribution in [2.24, 2.45) is 5.92 Å². The second-order valence-electron chi connectivity index (χ2n) is 6.62. The van der Waals surface area contributed by atoms with Crippen molar-refractivity contribution in [1.29, 1.82) is 0 Å². The Morgan fingerprint density at radius 1 is 1.45 bits per heavy atom. The second-order valence-corrected chi connectivity index (χ2v) is 7.94. The van der Waals surface area contributed by atoms with Crippen LogP contribution in [0.5, 0.6) is 0 Å². The van der Waals surface area contributed by atoms with Gasteiger partial charge in [-0.15, -0.1) is 0 Å². The number of nitrogens with one attached hydrogen (secondary N) is 1. The molecular formula is C20H18BrClFN3O3. The highest BCUT2D eigenvalue weighted by Crippen LogP contribution is 2.34. The normalized spacial score (nSPS) is 12.1. The molecular weight excluding hydrogens is 465 g/mol. The standard InChI is InChI=1S/C20H18BrClFN3O3/c1-2-3-11(9-27)8-26-10-24-19-16(26)7-13(20(28)29)18(17(19)23)25-15-5-4-12(21)6-14(15)22/h4-7,9-11,25H,2-3,8H2,1H3,(H,28,29)/t11-/m0/s1. The molecule has 0 saturated heterocycles. The summed E-state index contributed by atoms with van der Waals surface area (Å²) < 4.78 is 17.6. The van der Waals surface area contributed by atoms with Crippen LogP contribution in [0.2, 0.25) is 5.02 Å². The zero-order valence-corrected chi connectivity index (χ0v) is 17.8. The van der Waals surface area contributed by atoms with Gasteiger partial charge in [-0.05, 0) is 30.7 Å². The Kier molecular flexibility index (Phi) is 6.54. The fraction of sp³-hybridized carbons (Fsp3) is 0.250. The molecule has 0 amide bonds. The van der Waals surface area contributed by atoms with E-state index in [4.69, 9.17) is 11.6 Å². The molecule has 1 heterocycles. The van der Waals surface area contributed by atoms with Crippen molar-refractivity contribution in [1.82, 2.24) is 9.55 Å². The molecule has 3 rings (SSSR count). The van der Waals surface area contributed by atoms with Crippen LogP contribution >= 0.6 is 27.5 Å². The first-order valence-corrected chi connectivity index (χ1v) is 10.1. The van der Waals surface area contributed by atoms with Crippen molar-refractivity contribution >= 4 is 62.2 Å². The fourth-order valence-electron chi connectivity index (χ4n) is 3.15. The number of hydrogen-bond donors (Lipinski definition) is 2. The molecule has 0 saturated carbocycles. The highest BCUT2D eigenvalue weighted by atomic mass is 79.9. The lowest BCUT2D eigenvalue weighted by molar-refractivity contribution is -0.111. The molecule has 6 nitrogen and oxygen atoms in total. The number of imidazole rings is 1. The average molecular weight is 483 g/mol. The number of aldehydes is 1. The predicted molar refractivity (Wildman–Crippen MR) is 114 cm³/mol. The van der Waals surface area contributed by atoms with Crippen LogP contribution in [0.25, 0.3) is 11.0 Å². The Bertz CT molecular complexity index is 1090. The molecule has 0 aliphatic heterocycles. The summed E-state index contributed by atoms with van der Waals surface area (Å²) in [7, 11) is 0. The lowest BCUT2D eigenvalue weighted by atomic mass is 10.1. The molecule has 0 fully saturated rings. The van der Waals surface area contributed by atoms with Crippen molar-refractivity contribution in [3.05, 3.63) is 51.5 Å². The van der Waals surface area contributed by atoms with Gasteiger partial charge in [0.25, 0.3) is 0 Å². The van der Waals surface area contributed by atoms with E-state index in [2.05, 4.69) is 26.2 Å². The molecule has 0 spiro atoms.